The van der Waals surface area contributed by atoms with Crippen LogP contribution in [0.1, 0.15) is 128 Å². The predicted molar refractivity (Wildman–Crippen MR) is 191 cm³/mol. The van der Waals surface area contributed by atoms with Crippen molar-refractivity contribution in [2.75, 3.05) is 0 Å². The van der Waals surface area contributed by atoms with Crippen molar-refractivity contribution < 1.29 is 0 Å². The molecule has 8 aliphatic carbocycles. The highest BCUT2D eigenvalue weighted by Gasteiger charge is 2.69. The summed E-state index contributed by atoms with van der Waals surface area (Å²) in [6.07, 6.45) is 26.3. The van der Waals surface area contributed by atoms with Crippen molar-refractivity contribution in [1.82, 2.24) is 19.9 Å². The van der Waals surface area contributed by atoms with Crippen LogP contribution in [0.15, 0.2) is 61.2 Å². The molecule has 0 radical (unpaired) electrons. The maximum Gasteiger partial charge on any atom is 0.150 e. The Hall–Kier alpha value is -1.76. The van der Waals surface area contributed by atoms with E-state index < -0.39 is 5.16 Å². The van der Waals surface area contributed by atoms with E-state index in [0.29, 0.717) is 32.0 Å². The highest BCUT2D eigenvalue weighted by atomic mass is 31.1. The van der Waals surface area contributed by atoms with E-state index in [0.717, 1.165) is 23.5 Å². The van der Waals surface area contributed by atoms with Gasteiger partial charge in [0.1, 0.15) is 16.8 Å². The van der Waals surface area contributed by atoms with Crippen LogP contribution in [0.2, 0.25) is 0 Å². The van der Waals surface area contributed by atoms with Gasteiger partial charge in [0.15, 0.2) is 0 Å². The lowest BCUT2D eigenvalue weighted by Crippen LogP contribution is -2.63. The molecule has 0 N–H and O–H groups in total. The van der Waals surface area contributed by atoms with Gasteiger partial charge in [0, 0.05) is 24.8 Å². The molecule has 8 fully saturated rings. The highest BCUT2D eigenvalue weighted by Crippen LogP contribution is 2.84. The smallest absolute Gasteiger partial charge is 0.150 e. The van der Waals surface area contributed by atoms with Crippen LogP contribution < -0.4 is 0 Å². The van der Waals surface area contributed by atoms with E-state index in [9.17, 15) is 0 Å². The summed E-state index contributed by atoms with van der Waals surface area (Å²) in [6.45, 7) is 10.8. The molecule has 1 aromatic carbocycles. The molecule has 2 aromatic heterocycles. The Bertz CT molecular complexity index is 1530. The number of hydrogen-bond acceptors (Lipinski definition) is 4. The second-order valence-electron chi connectivity index (χ2n) is 18.9. The molecule has 0 aliphatic heterocycles. The second kappa shape index (κ2) is 9.91. The summed E-state index contributed by atoms with van der Waals surface area (Å²) in [7, 11) is 2.86. The van der Waals surface area contributed by atoms with Gasteiger partial charge in [0.2, 0.25) is 0 Å². The van der Waals surface area contributed by atoms with Crippen molar-refractivity contribution in [3.05, 3.63) is 84.0 Å². The molecule has 242 valence electrons. The molecular formula is C40H52N4P2. The minimum Gasteiger partial charge on any atom is -0.240 e. The van der Waals surface area contributed by atoms with Gasteiger partial charge in [-0.05, 0) is 150 Å². The van der Waals surface area contributed by atoms with E-state index in [1.54, 1.807) is 0 Å². The van der Waals surface area contributed by atoms with Gasteiger partial charge in [-0.15, -0.1) is 9.24 Å². The van der Waals surface area contributed by atoms with Crippen molar-refractivity contribution in [3.63, 3.8) is 0 Å². The van der Waals surface area contributed by atoms with E-state index in [1.807, 2.05) is 36.9 Å². The largest absolute Gasteiger partial charge is 0.240 e. The van der Waals surface area contributed by atoms with E-state index in [1.165, 1.54) is 94.3 Å². The first kappa shape index (κ1) is 30.3. The fourth-order valence-electron chi connectivity index (χ4n) is 14.8. The van der Waals surface area contributed by atoms with Gasteiger partial charge >= 0.3 is 0 Å². The van der Waals surface area contributed by atoms with Crippen LogP contribution in [0.25, 0.3) is 0 Å². The molecule has 8 saturated carbocycles. The standard InChI is InChI=1S/C40H52N4P2/c1-34-15-28-16-35(2,22-34)25-38(19-28,24-34)46(39-20-29-17-36(3,26-39)23-37(4,18-29)27-39)21-30-9-5-6-10-31(30)40(45,32-41-11-7-12-42-32)33-43-13-8-14-44-33/h5-14,28-29H,15-27,45H2,1-4H3. The summed E-state index contributed by atoms with van der Waals surface area (Å²) in [5.74, 6) is 3.35. The molecule has 46 heavy (non-hydrogen) atoms. The lowest BCUT2D eigenvalue weighted by Gasteiger charge is -2.73. The predicted octanol–water partition coefficient (Wildman–Crippen LogP) is 9.91. The average molecular weight is 651 g/mol. The first-order chi connectivity index (χ1) is 21.9. The van der Waals surface area contributed by atoms with Crippen molar-refractivity contribution in [2.45, 2.75) is 126 Å². The van der Waals surface area contributed by atoms with Gasteiger partial charge < -0.3 is 0 Å². The van der Waals surface area contributed by atoms with Crippen molar-refractivity contribution in [1.29, 1.82) is 0 Å². The third kappa shape index (κ3) is 4.58. The first-order valence-electron chi connectivity index (χ1n) is 18.1. The van der Waals surface area contributed by atoms with E-state index in [4.69, 9.17) is 19.9 Å². The van der Waals surface area contributed by atoms with Gasteiger partial charge in [0.25, 0.3) is 0 Å². The van der Waals surface area contributed by atoms with E-state index in [2.05, 4.69) is 61.2 Å². The molecule has 3 aromatic rings. The monoisotopic (exact) mass is 650 g/mol. The van der Waals surface area contributed by atoms with Crippen molar-refractivity contribution in [3.8, 4) is 0 Å². The normalized spacial score (nSPS) is 42.8. The van der Waals surface area contributed by atoms with Crippen molar-refractivity contribution >= 4 is 17.2 Å². The summed E-state index contributed by atoms with van der Waals surface area (Å²) < 4.78 is 0. The number of hydrogen-bond donors (Lipinski definition) is 0. The topological polar surface area (TPSA) is 51.6 Å². The quantitative estimate of drug-likeness (QED) is 0.239. The lowest BCUT2D eigenvalue weighted by atomic mass is 9.44. The van der Waals surface area contributed by atoms with Crippen LogP contribution in [0.4, 0.5) is 0 Å². The van der Waals surface area contributed by atoms with Gasteiger partial charge in [-0.25, -0.2) is 19.9 Å². The maximum atomic E-state index is 4.86. The van der Waals surface area contributed by atoms with Crippen molar-refractivity contribution in [2.24, 2.45) is 33.5 Å². The Balaban J connectivity index is 1.22. The van der Waals surface area contributed by atoms with Gasteiger partial charge in [-0.3, -0.25) is 0 Å². The molecule has 8 aliphatic rings. The molecule has 11 rings (SSSR count). The highest BCUT2D eigenvalue weighted by molar-refractivity contribution is 7.60. The Morgan fingerprint density at radius 2 is 1.02 bits per heavy atom. The zero-order valence-corrected chi connectivity index (χ0v) is 30.5. The fraction of sp³-hybridized carbons (Fsp3) is 0.650. The van der Waals surface area contributed by atoms with Gasteiger partial charge in [-0.2, -0.15) is 0 Å². The number of nitrogens with zero attached hydrogens (tertiary/aromatic N) is 4. The third-order valence-electron chi connectivity index (χ3n) is 13.9. The number of rotatable bonds is 7. The molecule has 0 spiro atoms. The minimum atomic E-state index is -0.709. The molecule has 2 heterocycles. The van der Waals surface area contributed by atoms with Gasteiger partial charge in [-0.1, -0.05) is 59.9 Å². The molecule has 5 atom stereocenters. The Labute approximate surface area is 280 Å². The number of benzene rings is 1. The van der Waals surface area contributed by atoms with Crippen LogP contribution >= 0.6 is 17.2 Å². The summed E-state index contributed by atoms with van der Waals surface area (Å²) in [5, 5.41) is 0.262. The summed E-state index contributed by atoms with van der Waals surface area (Å²) in [4.78, 5) is 19.5. The summed E-state index contributed by atoms with van der Waals surface area (Å²) >= 11 is 0. The Morgan fingerprint density at radius 3 is 1.43 bits per heavy atom. The lowest BCUT2D eigenvalue weighted by molar-refractivity contribution is -0.0922. The van der Waals surface area contributed by atoms with E-state index in [-0.39, 0.29) is 7.92 Å². The Morgan fingerprint density at radius 1 is 0.609 bits per heavy atom. The molecule has 0 saturated heterocycles. The SMILES string of the molecule is CC12CC3CC(C)(C1)CC(P(Cc1ccccc1C(P)(c1ncccn1)c1ncccn1)C14CC5CC(C)(CC(C)(C5)C1)C4)(C3)C2. The fourth-order valence-corrected chi connectivity index (χ4v) is 20.9. The number of aromatic nitrogens is 4. The molecule has 8 bridgehead atoms. The summed E-state index contributed by atoms with van der Waals surface area (Å²) in [6, 6.07) is 13.1. The third-order valence-corrected chi connectivity index (χ3v) is 18.7. The van der Waals surface area contributed by atoms with Gasteiger partial charge in [0.05, 0.1) is 0 Å². The molecule has 5 unspecified atom stereocenters. The molecule has 0 amide bonds. The van der Waals surface area contributed by atoms with Crippen LogP contribution in [-0.2, 0) is 11.3 Å². The van der Waals surface area contributed by atoms with Crippen LogP contribution in [0.3, 0.4) is 0 Å². The van der Waals surface area contributed by atoms with Crippen LogP contribution in [-0.4, -0.2) is 30.2 Å². The Kier molecular flexibility index (Phi) is 6.53. The van der Waals surface area contributed by atoms with Crippen LogP contribution in [0, 0.1) is 33.5 Å². The second-order valence-corrected chi connectivity index (χ2v) is 22.8. The van der Waals surface area contributed by atoms with E-state index >= 15 is 0 Å². The summed E-state index contributed by atoms with van der Waals surface area (Å²) in [5.41, 5.74) is 4.83. The average Bonchev–Trinajstić information content (AvgIpc) is 2.97. The minimum absolute atomic E-state index is 0.305. The molecule has 6 heteroatoms. The molecule has 4 nitrogen and oxygen atoms in total. The maximum absolute atomic E-state index is 4.86. The molecular weight excluding hydrogens is 598 g/mol. The zero-order valence-electron chi connectivity index (χ0n) is 28.4. The zero-order chi connectivity index (χ0) is 31.6. The first-order valence-corrected chi connectivity index (χ1v) is 20.2. The van der Waals surface area contributed by atoms with Crippen LogP contribution in [0.5, 0.6) is 0 Å².